The van der Waals surface area contributed by atoms with Gasteiger partial charge in [0.15, 0.2) is 5.82 Å². The second kappa shape index (κ2) is 4.44. The van der Waals surface area contributed by atoms with E-state index in [1.807, 2.05) is 0 Å². The van der Waals surface area contributed by atoms with E-state index in [0.29, 0.717) is 23.3 Å². The molecule has 1 fully saturated rings. The molecule has 2 aromatic rings. The summed E-state index contributed by atoms with van der Waals surface area (Å²) in [7, 11) is 0. The maximum atomic E-state index is 5.55. The molecule has 1 aliphatic carbocycles. The summed E-state index contributed by atoms with van der Waals surface area (Å²) in [6, 6.07) is 1.70. The molecule has 2 aromatic heterocycles. The van der Waals surface area contributed by atoms with Gasteiger partial charge in [0.1, 0.15) is 11.5 Å². The van der Waals surface area contributed by atoms with Crippen LogP contribution in [0.1, 0.15) is 44.3 Å². The third kappa shape index (κ3) is 2.10. The van der Waals surface area contributed by atoms with Crippen molar-refractivity contribution in [1.82, 2.24) is 20.3 Å². The molecule has 96 valence electrons. The fraction of sp³-hybridized carbons (Fsp3) is 0.583. The van der Waals surface area contributed by atoms with E-state index in [2.05, 4.69) is 27.3 Å². The zero-order valence-corrected chi connectivity index (χ0v) is 10.4. The summed E-state index contributed by atoms with van der Waals surface area (Å²) >= 11 is 0. The van der Waals surface area contributed by atoms with Crippen LogP contribution < -0.4 is 5.73 Å². The Morgan fingerprint density at radius 3 is 3.06 bits per heavy atom. The van der Waals surface area contributed by atoms with Crippen LogP contribution in [0.4, 0.5) is 5.82 Å². The van der Waals surface area contributed by atoms with Crippen molar-refractivity contribution in [2.24, 2.45) is 5.92 Å². The first-order chi connectivity index (χ1) is 8.72. The maximum absolute atomic E-state index is 5.55. The quantitative estimate of drug-likeness (QED) is 0.849. The van der Waals surface area contributed by atoms with E-state index in [9.17, 15) is 0 Å². The molecular weight excluding hydrogens is 230 g/mol. The Kier molecular flexibility index (Phi) is 2.77. The topological polar surface area (TPSA) is 93.6 Å². The number of nitrogens with two attached hydrogens (primary N) is 1. The Hall–Kier alpha value is -1.85. The normalized spacial score (nSPS) is 24.3. The Labute approximate surface area is 105 Å². The van der Waals surface area contributed by atoms with Crippen LogP contribution in [-0.4, -0.2) is 20.3 Å². The van der Waals surface area contributed by atoms with Crippen molar-refractivity contribution in [3.63, 3.8) is 0 Å². The van der Waals surface area contributed by atoms with Crippen LogP contribution in [-0.2, 0) is 0 Å². The monoisotopic (exact) mass is 247 g/mol. The number of aromatic amines is 1. The highest BCUT2D eigenvalue weighted by Gasteiger charge is 2.25. The van der Waals surface area contributed by atoms with Crippen LogP contribution in [0.15, 0.2) is 10.6 Å². The average Bonchev–Trinajstić information content (AvgIpc) is 2.97. The highest BCUT2D eigenvalue weighted by Crippen LogP contribution is 2.35. The maximum Gasteiger partial charge on any atom is 0.276 e. The van der Waals surface area contributed by atoms with Crippen LogP contribution in [0.5, 0.6) is 0 Å². The zero-order chi connectivity index (χ0) is 12.5. The molecule has 18 heavy (non-hydrogen) atoms. The minimum Gasteiger partial charge on any atom is -0.382 e. The predicted molar refractivity (Wildman–Crippen MR) is 66.7 cm³/mol. The van der Waals surface area contributed by atoms with Crippen LogP contribution in [0.3, 0.4) is 0 Å². The molecule has 0 aromatic carbocycles. The third-order valence-electron chi connectivity index (χ3n) is 3.57. The number of rotatable bonds is 2. The molecule has 0 saturated heterocycles. The van der Waals surface area contributed by atoms with Gasteiger partial charge in [-0.3, -0.25) is 5.10 Å². The number of H-pyrrole nitrogens is 1. The number of nitrogens with zero attached hydrogens (tertiary/aromatic N) is 3. The second-order valence-electron chi connectivity index (χ2n) is 5.13. The molecule has 3 rings (SSSR count). The van der Waals surface area contributed by atoms with Crippen molar-refractivity contribution in [1.29, 1.82) is 0 Å². The number of hydrogen-bond acceptors (Lipinski definition) is 5. The van der Waals surface area contributed by atoms with E-state index >= 15 is 0 Å². The number of hydrogen-bond donors (Lipinski definition) is 2. The van der Waals surface area contributed by atoms with Gasteiger partial charge in [0.05, 0.1) is 0 Å². The zero-order valence-electron chi connectivity index (χ0n) is 10.4. The summed E-state index contributed by atoms with van der Waals surface area (Å²) in [5.74, 6) is 2.87. The number of aromatic nitrogens is 4. The van der Waals surface area contributed by atoms with Crippen molar-refractivity contribution >= 4 is 5.82 Å². The number of anilines is 1. The average molecular weight is 247 g/mol. The highest BCUT2D eigenvalue weighted by molar-refractivity contribution is 5.51. The molecule has 1 aliphatic rings. The molecular formula is C12H17N5O. The predicted octanol–water partition coefficient (Wildman–Crippen LogP) is 2.34. The SMILES string of the molecule is CC1CCCC(c2noc(-c3cc(N)n[nH]3)n2)C1. The van der Waals surface area contributed by atoms with Crippen molar-refractivity contribution in [3.8, 4) is 11.6 Å². The van der Waals surface area contributed by atoms with Gasteiger partial charge in [-0.05, 0) is 18.8 Å². The van der Waals surface area contributed by atoms with Crippen molar-refractivity contribution in [3.05, 3.63) is 11.9 Å². The molecule has 0 aliphatic heterocycles. The van der Waals surface area contributed by atoms with Crippen molar-refractivity contribution < 1.29 is 4.52 Å². The highest BCUT2D eigenvalue weighted by atomic mass is 16.5. The molecule has 1 saturated carbocycles. The summed E-state index contributed by atoms with van der Waals surface area (Å²) < 4.78 is 5.26. The van der Waals surface area contributed by atoms with E-state index in [4.69, 9.17) is 10.3 Å². The van der Waals surface area contributed by atoms with Crippen molar-refractivity contribution in [2.45, 2.75) is 38.5 Å². The van der Waals surface area contributed by atoms with Gasteiger partial charge < -0.3 is 10.3 Å². The standard InChI is InChI=1S/C12H17N5O/c1-7-3-2-4-8(5-7)11-14-12(18-17-11)9-6-10(13)16-15-9/h6-8H,2-5H2,1H3,(H3,13,15,16). The van der Waals surface area contributed by atoms with Crippen molar-refractivity contribution in [2.75, 3.05) is 5.73 Å². The van der Waals surface area contributed by atoms with E-state index < -0.39 is 0 Å². The fourth-order valence-electron chi connectivity index (χ4n) is 2.63. The Balaban J connectivity index is 1.80. The van der Waals surface area contributed by atoms with Crippen LogP contribution in [0.25, 0.3) is 11.6 Å². The van der Waals surface area contributed by atoms with Gasteiger partial charge in [-0.2, -0.15) is 10.1 Å². The molecule has 2 heterocycles. The van der Waals surface area contributed by atoms with E-state index in [-0.39, 0.29) is 0 Å². The van der Waals surface area contributed by atoms with Gasteiger partial charge >= 0.3 is 0 Å². The molecule has 0 spiro atoms. The third-order valence-corrected chi connectivity index (χ3v) is 3.57. The Bertz CT molecular complexity index is 532. The minimum atomic E-state index is 0.423. The fourth-order valence-corrected chi connectivity index (χ4v) is 2.63. The lowest BCUT2D eigenvalue weighted by Gasteiger charge is -2.23. The van der Waals surface area contributed by atoms with E-state index in [1.165, 1.54) is 12.8 Å². The largest absolute Gasteiger partial charge is 0.382 e. The first-order valence-electron chi connectivity index (χ1n) is 6.37. The Morgan fingerprint density at radius 2 is 2.33 bits per heavy atom. The van der Waals surface area contributed by atoms with Gasteiger partial charge in [0.2, 0.25) is 0 Å². The molecule has 6 heteroatoms. The molecule has 0 radical (unpaired) electrons. The van der Waals surface area contributed by atoms with Crippen LogP contribution in [0, 0.1) is 5.92 Å². The van der Waals surface area contributed by atoms with Crippen LogP contribution in [0.2, 0.25) is 0 Å². The smallest absolute Gasteiger partial charge is 0.276 e. The molecule has 3 N–H and O–H groups in total. The first-order valence-corrected chi connectivity index (χ1v) is 6.37. The minimum absolute atomic E-state index is 0.423. The van der Waals surface area contributed by atoms with Crippen LogP contribution >= 0.6 is 0 Å². The molecule has 0 bridgehead atoms. The van der Waals surface area contributed by atoms with Gasteiger partial charge in [0.25, 0.3) is 5.89 Å². The number of nitrogens with one attached hydrogen (secondary N) is 1. The number of nitrogen functional groups attached to an aromatic ring is 1. The summed E-state index contributed by atoms with van der Waals surface area (Å²) in [5.41, 5.74) is 6.23. The second-order valence-corrected chi connectivity index (χ2v) is 5.13. The molecule has 2 unspecified atom stereocenters. The van der Waals surface area contributed by atoms with Gasteiger partial charge in [-0.25, -0.2) is 0 Å². The lowest BCUT2D eigenvalue weighted by atomic mass is 9.82. The van der Waals surface area contributed by atoms with E-state index in [1.54, 1.807) is 6.07 Å². The summed E-state index contributed by atoms with van der Waals surface area (Å²) in [5, 5.41) is 10.7. The summed E-state index contributed by atoms with van der Waals surface area (Å²) in [6.07, 6.45) is 4.84. The summed E-state index contributed by atoms with van der Waals surface area (Å²) in [6.45, 7) is 2.28. The van der Waals surface area contributed by atoms with Gasteiger partial charge in [-0.15, -0.1) is 0 Å². The van der Waals surface area contributed by atoms with Gasteiger partial charge in [-0.1, -0.05) is 24.9 Å². The van der Waals surface area contributed by atoms with E-state index in [0.717, 1.165) is 24.6 Å². The lowest BCUT2D eigenvalue weighted by Crippen LogP contribution is -2.12. The Morgan fingerprint density at radius 1 is 1.44 bits per heavy atom. The molecule has 2 atom stereocenters. The molecule has 6 nitrogen and oxygen atoms in total. The summed E-state index contributed by atoms with van der Waals surface area (Å²) in [4.78, 5) is 4.45. The van der Waals surface area contributed by atoms with Gasteiger partial charge in [0, 0.05) is 12.0 Å². The lowest BCUT2D eigenvalue weighted by molar-refractivity contribution is 0.324. The first kappa shape index (κ1) is 11.3. The molecule has 0 amide bonds.